The Labute approximate surface area is 217 Å². The zero-order chi connectivity index (χ0) is 27.4. The molecule has 4 aromatic rings. The normalized spacial score (nSPS) is 13.7. The summed E-state index contributed by atoms with van der Waals surface area (Å²) in [4.78, 5) is 14.8. The zero-order valence-electron chi connectivity index (χ0n) is 19.3. The summed E-state index contributed by atoms with van der Waals surface area (Å²) in [5.74, 6) is -6.59. The van der Waals surface area contributed by atoms with E-state index >= 15 is 0 Å². The first kappa shape index (κ1) is 26.0. The highest BCUT2D eigenvalue weighted by molar-refractivity contribution is 7.89. The maximum atomic E-state index is 14.6. The van der Waals surface area contributed by atoms with Crippen molar-refractivity contribution in [3.05, 3.63) is 81.5 Å². The van der Waals surface area contributed by atoms with Gasteiger partial charge in [0, 0.05) is 22.9 Å². The Hall–Kier alpha value is -3.62. The van der Waals surface area contributed by atoms with Crippen LogP contribution in [0.2, 0.25) is 0 Å². The van der Waals surface area contributed by atoms with Crippen molar-refractivity contribution < 1.29 is 35.9 Å². The molecule has 1 aliphatic carbocycles. The van der Waals surface area contributed by atoms with Crippen molar-refractivity contribution in [2.45, 2.75) is 30.6 Å². The number of nitrogens with zero attached hydrogens (tertiary/aromatic N) is 3. The summed E-state index contributed by atoms with van der Waals surface area (Å²) in [7, 11) is -4.31. The molecule has 1 aliphatic rings. The van der Waals surface area contributed by atoms with E-state index in [4.69, 9.17) is 5.14 Å². The van der Waals surface area contributed by atoms with Gasteiger partial charge in [-0.15, -0.1) is 11.3 Å². The Kier molecular flexibility index (Phi) is 6.57. The van der Waals surface area contributed by atoms with Crippen LogP contribution in [0, 0.1) is 29.2 Å². The van der Waals surface area contributed by atoms with Gasteiger partial charge in [-0.3, -0.25) is 0 Å². The highest BCUT2D eigenvalue weighted by Crippen LogP contribution is 2.38. The van der Waals surface area contributed by atoms with E-state index in [-0.39, 0.29) is 34.4 Å². The van der Waals surface area contributed by atoms with E-state index in [1.54, 1.807) is 0 Å². The third-order valence-corrected chi connectivity index (χ3v) is 7.86. The fourth-order valence-electron chi connectivity index (χ4n) is 4.11. The Morgan fingerprint density at radius 1 is 1.11 bits per heavy atom. The second-order valence-corrected chi connectivity index (χ2v) is 11.3. The molecular formula is C24H18F4N4O4S2. The van der Waals surface area contributed by atoms with Gasteiger partial charge in [0.2, 0.25) is 15.2 Å². The summed E-state index contributed by atoms with van der Waals surface area (Å²) in [5.41, 5.74) is 1.01. The number of halogens is 4. The van der Waals surface area contributed by atoms with Crippen LogP contribution in [0.4, 0.5) is 17.6 Å². The molecule has 0 unspecified atom stereocenters. The number of carboxylic acid groups (broad SMARTS) is 1. The molecule has 0 bridgehead atoms. The summed E-state index contributed by atoms with van der Waals surface area (Å²) in [5, 5.41) is 20.4. The monoisotopic (exact) mass is 566 g/mol. The van der Waals surface area contributed by atoms with E-state index in [0.29, 0.717) is 23.2 Å². The number of hydrogen-bond acceptors (Lipinski definition) is 6. The molecule has 198 valence electrons. The summed E-state index contributed by atoms with van der Waals surface area (Å²) in [6, 6.07) is 4.92. The molecule has 2 aromatic heterocycles. The number of aromatic nitrogens is 3. The van der Waals surface area contributed by atoms with Crippen LogP contribution in [0.15, 0.2) is 40.6 Å². The lowest BCUT2D eigenvalue weighted by Gasteiger charge is -2.10. The summed E-state index contributed by atoms with van der Waals surface area (Å²) in [6.07, 6.45) is 2.23. The number of aromatic carboxylic acids is 1. The van der Waals surface area contributed by atoms with E-state index in [2.05, 4.69) is 10.1 Å². The minimum absolute atomic E-state index is 0.0447. The van der Waals surface area contributed by atoms with Crippen LogP contribution in [0.5, 0.6) is 0 Å². The molecule has 0 saturated heterocycles. The van der Waals surface area contributed by atoms with E-state index in [9.17, 15) is 35.9 Å². The van der Waals surface area contributed by atoms with Gasteiger partial charge in [0.05, 0.1) is 11.4 Å². The number of primary sulfonamides is 1. The second kappa shape index (κ2) is 9.60. The quantitative estimate of drug-likeness (QED) is 0.240. The molecule has 0 aliphatic heterocycles. The molecule has 1 fully saturated rings. The number of hydrogen-bond donors (Lipinski definition) is 2. The SMILES string of the molecule is NS(=O)(=O)c1ccc(Cc2c(-c3cc(F)c(F)c(F)c3)nn(-c3nc(C(=O)O)cs3)c2CC2CC2)cc1F. The average Bonchev–Trinajstić information content (AvgIpc) is 3.39. The molecule has 1 saturated carbocycles. The molecule has 8 nitrogen and oxygen atoms in total. The van der Waals surface area contributed by atoms with Gasteiger partial charge >= 0.3 is 5.97 Å². The molecule has 0 atom stereocenters. The lowest BCUT2D eigenvalue weighted by atomic mass is 9.96. The number of thiazole rings is 1. The van der Waals surface area contributed by atoms with Crippen LogP contribution in [0.3, 0.4) is 0 Å². The van der Waals surface area contributed by atoms with Gasteiger partial charge in [0.25, 0.3) is 0 Å². The molecule has 14 heteroatoms. The first-order valence-electron chi connectivity index (χ1n) is 11.2. The van der Waals surface area contributed by atoms with Gasteiger partial charge in [-0.05, 0) is 55.0 Å². The predicted molar refractivity (Wildman–Crippen MR) is 129 cm³/mol. The number of carboxylic acids is 1. The molecule has 5 rings (SSSR count). The van der Waals surface area contributed by atoms with Gasteiger partial charge in [-0.1, -0.05) is 6.07 Å². The summed E-state index contributed by atoms with van der Waals surface area (Å²) < 4.78 is 81.3. The van der Waals surface area contributed by atoms with Crippen molar-refractivity contribution >= 4 is 27.3 Å². The van der Waals surface area contributed by atoms with Crippen molar-refractivity contribution in [3.63, 3.8) is 0 Å². The van der Waals surface area contributed by atoms with Crippen molar-refractivity contribution in [1.82, 2.24) is 14.8 Å². The molecule has 0 radical (unpaired) electrons. The third-order valence-electron chi connectivity index (χ3n) is 6.10. The fourth-order valence-corrected chi connectivity index (χ4v) is 5.47. The van der Waals surface area contributed by atoms with Crippen molar-refractivity contribution in [3.8, 4) is 16.4 Å². The fraction of sp³-hybridized carbons (Fsp3) is 0.208. The maximum absolute atomic E-state index is 14.6. The van der Waals surface area contributed by atoms with Crippen LogP contribution in [-0.4, -0.2) is 34.3 Å². The highest BCUT2D eigenvalue weighted by atomic mass is 32.2. The Balaban J connectivity index is 1.71. The Morgan fingerprint density at radius 3 is 2.34 bits per heavy atom. The van der Waals surface area contributed by atoms with Crippen LogP contribution in [0.25, 0.3) is 16.4 Å². The molecule has 0 amide bonds. The van der Waals surface area contributed by atoms with Gasteiger partial charge in [-0.2, -0.15) is 5.10 Å². The first-order chi connectivity index (χ1) is 17.9. The molecule has 38 heavy (non-hydrogen) atoms. The number of carbonyl (C=O) groups is 1. The highest BCUT2D eigenvalue weighted by Gasteiger charge is 2.30. The summed E-state index contributed by atoms with van der Waals surface area (Å²) >= 11 is 0.992. The summed E-state index contributed by atoms with van der Waals surface area (Å²) in [6.45, 7) is 0. The number of nitrogens with two attached hydrogens (primary N) is 1. The second-order valence-electron chi connectivity index (χ2n) is 8.89. The van der Waals surface area contributed by atoms with Crippen LogP contribution < -0.4 is 5.14 Å². The van der Waals surface area contributed by atoms with Crippen molar-refractivity contribution in [1.29, 1.82) is 0 Å². The standard InChI is InChI=1S/C24H18F4N4O4S2/c25-15-6-12(3-4-20(15)38(29,35)36)5-14-19(7-11-1-2-11)32(24-30-18(10-37-24)23(33)34)31-22(14)13-8-16(26)21(28)17(27)9-13/h3-4,6,8-11H,1-2,5,7H2,(H,33,34)(H2,29,35,36). The number of benzene rings is 2. The van der Waals surface area contributed by atoms with Crippen molar-refractivity contribution in [2.75, 3.05) is 0 Å². The molecular weight excluding hydrogens is 548 g/mol. The van der Waals surface area contributed by atoms with Crippen LogP contribution >= 0.6 is 11.3 Å². The van der Waals surface area contributed by atoms with Crippen LogP contribution in [-0.2, 0) is 22.9 Å². The van der Waals surface area contributed by atoms with Crippen molar-refractivity contribution in [2.24, 2.45) is 11.1 Å². The molecule has 2 heterocycles. The minimum Gasteiger partial charge on any atom is -0.476 e. The molecule has 3 N–H and O–H groups in total. The predicted octanol–water partition coefficient (Wildman–Crippen LogP) is 4.44. The zero-order valence-corrected chi connectivity index (χ0v) is 20.9. The largest absolute Gasteiger partial charge is 0.476 e. The van der Waals surface area contributed by atoms with E-state index < -0.39 is 44.2 Å². The lowest BCUT2D eigenvalue weighted by Crippen LogP contribution is -2.14. The Morgan fingerprint density at radius 2 is 1.79 bits per heavy atom. The van der Waals surface area contributed by atoms with Crippen LogP contribution in [0.1, 0.15) is 40.2 Å². The topological polar surface area (TPSA) is 128 Å². The number of sulfonamides is 1. The maximum Gasteiger partial charge on any atom is 0.355 e. The van der Waals surface area contributed by atoms with Gasteiger partial charge < -0.3 is 5.11 Å². The first-order valence-corrected chi connectivity index (χ1v) is 13.6. The van der Waals surface area contributed by atoms with Gasteiger partial charge in [0.1, 0.15) is 10.7 Å². The minimum atomic E-state index is -4.31. The lowest BCUT2D eigenvalue weighted by molar-refractivity contribution is 0.0691. The third kappa shape index (κ3) is 5.06. The van der Waals surface area contributed by atoms with E-state index in [0.717, 1.165) is 48.4 Å². The number of rotatable bonds is 8. The Bertz CT molecular complexity index is 1670. The smallest absolute Gasteiger partial charge is 0.355 e. The average molecular weight is 567 g/mol. The van der Waals surface area contributed by atoms with Gasteiger partial charge in [0.15, 0.2) is 23.1 Å². The van der Waals surface area contributed by atoms with E-state index in [1.807, 2.05) is 0 Å². The molecule has 2 aromatic carbocycles. The molecule has 0 spiro atoms. The van der Waals surface area contributed by atoms with Gasteiger partial charge in [-0.25, -0.2) is 45.6 Å². The van der Waals surface area contributed by atoms with E-state index in [1.165, 1.54) is 16.1 Å².